The van der Waals surface area contributed by atoms with Gasteiger partial charge in [-0.2, -0.15) is 0 Å². The predicted molar refractivity (Wildman–Crippen MR) is 99.2 cm³/mol. The van der Waals surface area contributed by atoms with E-state index in [0.717, 1.165) is 34.2 Å². The second-order valence-corrected chi connectivity index (χ2v) is 8.16. The lowest BCUT2D eigenvalue weighted by Crippen LogP contribution is -2.34. The molecule has 1 amide bonds. The zero-order valence-corrected chi connectivity index (χ0v) is 15.6. The van der Waals surface area contributed by atoms with Crippen molar-refractivity contribution >= 4 is 35.0 Å². The number of hydrogen-bond donors (Lipinski definition) is 1. The van der Waals surface area contributed by atoms with Crippen LogP contribution in [-0.4, -0.2) is 39.5 Å². The molecule has 7 heteroatoms. The van der Waals surface area contributed by atoms with Crippen molar-refractivity contribution in [1.82, 2.24) is 9.88 Å². The molecule has 0 unspecified atom stereocenters. The van der Waals surface area contributed by atoms with Crippen LogP contribution in [0.1, 0.15) is 40.3 Å². The first-order chi connectivity index (χ1) is 12.0. The second-order valence-electron chi connectivity index (χ2n) is 6.04. The molecule has 132 valence electrons. The van der Waals surface area contributed by atoms with Crippen molar-refractivity contribution in [2.45, 2.75) is 42.9 Å². The number of aliphatic carboxylic acids is 1. The largest absolute Gasteiger partial charge is 0.481 e. The van der Waals surface area contributed by atoms with Crippen LogP contribution in [-0.2, 0) is 10.5 Å². The van der Waals surface area contributed by atoms with Gasteiger partial charge in [0.25, 0.3) is 5.91 Å². The van der Waals surface area contributed by atoms with E-state index in [1.807, 2.05) is 31.2 Å². The van der Waals surface area contributed by atoms with Crippen LogP contribution in [0.4, 0.5) is 0 Å². The summed E-state index contributed by atoms with van der Waals surface area (Å²) < 4.78 is 0. The van der Waals surface area contributed by atoms with E-state index in [0.29, 0.717) is 5.56 Å². The molecule has 5 nitrogen and oxygen atoms in total. The minimum Gasteiger partial charge on any atom is -0.481 e. The van der Waals surface area contributed by atoms with Gasteiger partial charge in [-0.15, -0.1) is 23.1 Å². The van der Waals surface area contributed by atoms with Crippen LogP contribution in [0.2, 0.25) is 0 Å². The molecular weight excluding hydrogens is 356 g/mol. The normalized spacial score (nSPS) is 13.6. The molecule has 0 saturated heterocycles. The topological polar surface area (TPSA) is 70.5 Å². The van der Waals surface area contributed by atoms with Gasteiger partial charge in [-0.05, 0) is 44.0 Å². The number of amides is 1. The molecule has 1 saturated carbocycles. The molecule has 3 rings (SSSR count). The van der Waals surface area contributed by atoms with Crippen molar-refractivity contribution in [3.05, 3.63) is 45.9 Å². The van der Waals surface area contributed by atoms with Crippen molar-refractivity contribution in [2.75, 3.05) is 6.54 Å². The first-order valence-electron chi connectivity index (χ1n) is 8.19. The van der Waals surface area contributed by atoms with Gasteiger partial charge in [-0.25, -0.2) is 4.98 Å². The zero-order chi connectivity index (χ0) is 17.8. The van der Waals surface area contributed by atoms with Crippen molar-refractivity contribution in [3.8, 4) is 0 Å². The van der Waals surface area contributed by atoms with Gasteiger partial charge < -0.3 is 10.0 Å². The first kappa shape index (κ1) is 17.9. The van der Waals surface area contributed by atoms with Crippen LogP contribution in [0.15, 0.2) is 34.5 Å². The minimum atomic E-state index is -0.873. The molecule has 1 N–H and O–H groups in total. The maximum absolute atomic E-state index is 12.6. The third kappa shape index (κ3) is 5.06. The number of aromatic nitrogens is 1. The first-order valence-corrected chi connectivity index (χ1v) is 10.1. The number of carbonyl (C=O) groups is 2. The standard InChI is InChI=1S/C18H20N2O3S2/c1-12-19-14(10-24-12)11-25-16-6-2-13(3-7-16)18(23)20(15-4-5-15)9-8-17(21)22/h2-3,6-7,10,15H,4-5,8-9,11H2,1H3,(H,21,22). The molecule has 0 spiro atoms. The molecule has 0 atom stereocenters. The number of carbonyl (C=O) groups excluding carboxylic acids is 1. The van der Waals surface area contributed by atoms with Gasteiger partial charge in [-0.3, -0.25) is 9.59 Å². The predicted octanol–water partition coefficient (Wildman–Crippen LogP) is 3.82. The molecule has 25 heavy (non-hydrogen) atoms. The molecule has 1 fully saturated rings. The monoisotopic (exact) mass is 376 g/mol. The summed E-state index contributed by atoms with van der Waals surface area (Å²) in [6, 6.07) is 7.74. The van der Waals surface area contributed by atoms with Crippen molar-refractivity contribution in [3.63, 3.8) is 0 Å². The maximum Gasteiger partial charge on any atom is 0.305 e. The van der Waals surface area contributed by atoms with Crippen LogP contribution < -0.4 is 0 Å². The van der Waals surface area contributed by atoms with Gasteiger partial charge in [0.15, 0.2) is 0 Å². The summed E-state index contributed by atoms with van der Waals surface area (Å²) >= 11 is 3.34. The maximum atomic E-state index is 12.6. The van der Waals surface area contributed by atoms with Crippen LogP contribution in [0, 0.1) is 6.92 Å². The number of aryl methyl sites for hydroxylation is 1. The zero-order valence-electron chi connectivity index (χ0n) is 14.0. The van der Waals surface area contributed by atoms with Crippen LogP contribution in [0.5, 0.6) is 0 Å². The second kappa shape index (κ2) is 8.01. The Labute approximate surface area is 155 Å². The fraction of sp³-hybridized carbons (Fsp3) is 0.389. The Hall–Kier alpha value is -1.86. The minimum absolute atomic E-state index is 0.0107. The van der Waals surface area contributed by atoms with Gasteiger partial charge in [0.1, 0.15) is 0 Å². The van der Waals surface area contributed by atoms with Crippen LogP contribution in [0.3, 0.4) is 0 Å². The highest BCUT2D eigenvalue weighted by Crippen LogP contribution is 2.29. The molecule has 0 bridgehead atoms. The summed E-state index contributed by atoms with van der Waals surface area (Å²) in [5.74, 6) is -0.136. The molecule has 0 aliphatic heterocycles. The number of nitrogens with zero attached hydrogens (tertiary/aromatic N) is 2. The number of carboxylic acids is 1. The van der Waals surface area contributed by atoms with E-state index >= 15 is 0 Å². The molecule has 0 radical (unpaired) electrons. The Bertz CT molecular complexity index is 754. The van der Waals surface area contributed by atoms with Gasteiger partial charge in [0.05, 0.1) is 17.1 Å². The summed E-state index contributed by atoms with van der Waals surface area (Å²) in [5, 5.41) is 12.0. The Kier molecular flexibility index (Phi) is 5.75. The quantitative estimate of drug-likeness (QED) is 0.709. The van der Waals surface area contributed by atoms with Crippen molar-refractivity contribution in [2.24, 2.45) is 0 Å². The molecule has 1 aromatic heterocycles. The lowest BCUT2D eigenvalue weighted by Gasteiger charge is -2.21. The van der Waals surface area contributed by atoms with Gasteiger partial charge in [0.2, 0.25) is 0 Å². The number of hydrogen-bond acceptors (Lipinski definition) is 5. The van der Waals surface area contributed by atoms with E-state index in [1.54, 1.807) is 28.0 Å². The van der Waals surface area contributed by atoms with E-state index in [2.05, 4.69) is 10.4 Å². The summed E-state index contributed by atoms with van der Waals surface area (Å²) in [6.07, 6.45) is 1.92. The Balaban J connectivity index is 1.60. The van der Waals surface area contributed by atoms with Gasteiger partial charge >= 0.3 is 5.97 Å². The summed E-state index contributed by atoms with van der Waals surface area (Å²) in [5.41, 5.74) is 1.69. The number of carboxylic acid groups (broad SMARTS) is 1. The van der Waals surface area contributed by atoms with E-state index in [1.165, 1.54) is 0 Å². The Morgan fingerprint density at radius 2 is 2.04 bits per heavy atom. The third-order valence-corrected chi connectivity index (χ3v) is 5.84. The number of thioether (sulfide) groups is 1. The van der Waals surface area contributed by atoms with E-state index in [4.69, 9.17) is 5.11 Å². The molecule has 1 aliphatic carbocycles. The average molecular weight is 377 g/mol. The van der Waals surface area contributed by atoms with Crippen LogP contribution >= 0.6 is 23.1 Å². The van der Waals surface area contributed by atoms with Crippen LogP contribution in [0.25, 0.3) is 0 Å². The summed E-state index contributed by atoms with van der Waals surface area (Å²) in [6.45, 7) is 2.27. The Morgan fingerprint density at radius 1 is 1.32 bits per heavy atom. The fourth-order valence-corrected chi connectivity index (χ4v) is 4.05. The summed E-state index contributed by atoms with van der Waals surface area (Å²) in [4.78, 5) is 30.7. The number of rotatable bonds is 8. The van der Waals surface area contributed by atoms with E-state index in [9.17, 15) is 9.59 Å². The lowest BCUT2D eigenvalue weighted by atomic mass is 10.2. The van der Waals surface area contributed by atoms with Gasteiger partial charge in [0, 0.05) is 34.2 Å². The van der Waals surface area contributed by atoms with Crippen molar-refractivity contribution in [1.29, 1.82) is 0 Å². The SMILES string of the molecule is Cc1nc(CSc2ccc(C(=O)N(CCC(=O)O)C3CC3)cc2)cs1. The molecule has 1 heterocycles. The smallest absolute Gasteiger partial charge is 0.305 e. The highest BCUT2D eigenvalue weighted by atomic mass is 32.2. The fourth-order valence-electron chi connectivity index (χ4n) is 2.54. The molecule has 1 aromatic carbocycles. The average Bonchev–Trinajstić information content (AvgIpc) is 3.34. The number of thiazole rings is 1. The number of benzene rings is 1. The molecular formula is C18H20N2O3S2. The van der Waals surface area contributed by atoms with Crippen molar-refractivity contribution < 1.29 is 14.7 Å². The van der Waals surface area contributed by atoms with E-state index < -0.39 is 5.97 Å². The summed E-state index contributed by atoms with van der Waals surface area (Å²) in [7, 11) is 0. The lowest BCUT2D eigenvalue weighted by molar-refractivity contribution is -0.137. The highest BCUT2D eigenvalue weighted by molar-refractivity contribution is 7.98. The Morgan fingerprint density at radius 3 is 2.60 bits per heavy atom. The third-order valence-electron chi connectivity index (χ3n) is 3.97. The molecule has 1 aliphatic rings. The highest BCUT2D eigenvalue weighted by Gasteiger charge is 2.33. The van der Waals surface area contributed by atoms with Gasteiger partial charge in [-0.1, -0.05) is 0 Å². The van der Waals surface area contributed by atoms with E-state index in [-0.39, 0.29) is 24.9 Å². The molecule has 2 aromatic rings.